The second-order valence-corrected chi connectivity index (χ2v) is 5.89. The number of halogens is 1. The predicted molar refractivity (Wildman–Crippen MR) is 71.9 cm³/mol. The first kappa shape index (κ1) is 15.6. The lowest BCUT2D eigenvalue weighted by molar-refractivity contribution is 0.456. The molecule has 0 aliphatic rings. The topological polar surface area (TPSA) is 96.0 Å². The van der Waals surface area contributed by atoms with Crippen molar-refractivity contribution in [3.63, 3.8) is 0 Å². The summed E-state index contributed by atoms with van der Waals surface area (Å²) in [5, 5.41) is 7.55. The van der Waals surface area contributed by atoms with E-state index in [1.807, 2.05) is 0 Å². The van der Waals surface area contributed by atoms with Gasteiger partial charge in [-0.15, -0.1) is 0 Å². The summed E-state index contributed by atoms with van der Waals surface area (Å²) in [4.78, 5) is -0.442. The van der Waals surface area contributed by atoms with E-state index in [2.05, 4.69) is 4.72 Å². The van der Waals surface area contributed by atoms with Crippen molar-refractivity contribution in [3.8, 4) is 0 Å². The van der Waals surface area contributed by atoms with Gasteiger partial charge in [0.25, 0.3) is 0 Å². The molecule has 1 rings (SSSR count). The monoisotopic (exact) mass is 287 g/mol. The lowest BCUT2D eigenvalue weighted by Gasteiger charge is -2.31. The molecule has 19 heavy (non-hydrogen) atoms. The maximum absolute atomic E-state index is 13.6. The number of sulfonamides is 1. The van der Waals surface area contributed by atoms with Gasteiger partial charge in [-0.3, -0.25) is 5.41 Å². The van der Waals surface area contributed by atoms with E-state index in [9.17, 15) is 12.8 Å². The molecule has 0 aliphatic heterocycles. The first-order valence-electron chi connectivity index (χ1n) is 5.92. The first-order valence-corrected chi connectivity index (χ1v) is 7.40. The van der Waals surface area contributed by atoms with Crippen LogP contribution in [0.5, 0.6) is 0 Å². The smallest absolute Gasteiger partial charge is 0.244 e. The van der Waals surface area contributed by atoms with Gasteiger partial charge in [0.1, 0.15) is 16.5 Å². The number of rotatable bonds is 6. The fourth-order valence-corrected chi connectivity index (χ4v) is 3.41. The van der Waals surface area contributed by atoms with Crippen molar-refractivity contribution in [2.24, 2.45) is 5.73 Å². The minimum absolute atomic E-state index is 0.280. The van der Waals surface area contributed by atoms with E-state index in [-0.39, 0.29) is 5.84 Å². The Labute approximate surface area is 112 Å². The standard InChI is InChI=1S/C12H18FN3O2S/c1-3-12(4-2,11(14)15)16-19(17,18)10-8-6-5-7-9(10)13/h5-8,16H,3-4H2,1-2H3,(H3,14,15). The third-order valence-corrected chi connectivity index (χ3v) is 4.75. The van der Waals surface area contributed by atoms with Crippen LogP contribution in [0.3, 0.4) is 0 Å². The zero-order chi connectivity index (χ0) is 14.7. The van der Waals surface area contributed by atoms with Crippen LogP contribution in [-0.2, 0) is 10.0 Å². The van der Waals surface area contributed by atoms with Gasteiger partial charge in [-0.1, -0.05) is 26.0 Å². The molecule has 106 valence electrons. The molecule has 5 nitrogen and oxygen atoms in total. The van der Waals surface area contributed by atoms with Gasteiger partial charge in [-0.2, -0.15) is 4.72 Å². The fraction of sp³-hybridized carbons (Fsp3) is 0.417. The maximum atomic E-state index is 13.6. The molecule has 0 heterocycles. The minimum atomic E-state index is -4.06. The van der Waals surface area contributed by atoms with Gasteiger partial charge in [0.05, 0.1) is 5.54 Å². The van der Waals surface area contributed by atoms with Gasteiger partial charge < -0.3 is 5.73 Å². The van der Waals surface area contributed by atoms with Gasteiger partial charge >= 0.3 is 0 Å². The third-order valence-electron chi connectivity index (χ3n) is 3.18. The molecule has 0 aliphatic carbocycles. The summed E-state index contributed by atoms with van der Waals surface area (Å²) in [5.74, 6) is -1.11. The summed E-state index contributed by atoms with van der Waals surface area (Å²) in [6.45, 7) is 3.43. The van der Waals surface area contributed by atoms with Crippen molar-refractivity contribution in [1.29, 1.82) is 5.41 Å². The van der Waals surface area contributed by atoms with Crippen molar-refractivity contribution in [1.82, 2.24) is 4.72 Å². The average Bonchev–Trinajstić information content (AvgIpc) is 2.36. The van der Waals surface area contributed by atoms with Gasteiger partial charge in [-0.25, -0.2) is 12.8 Å². The average molecular weight is 287 g/mol. The van der Waals surface area contributed by atoms with Crippen LogP contribution in [0.1, 0.15) is 26.7 Å². The van der Waals surface area contributed by atoms with Crippen LogP contribution in [0, 0.1) is 11.2 Å². The largest absolute Gasteiger partial charge is 0.386 e. The van der Waals surface area contributed by atoms with E-state index < -0.39 is 26.3 Å². The Morgan fingerprint density at radius 1 is 1.37 bits per heavy atom. The van der Waals surface area contributed by atoms with E-state index in [4.69, 9.17) is 11.1 Å². The highest BCUT2D eigenvalue weighted by atomic mass is 32.2. The Morgan fingerprint density at radius 3 is 2.32 bits per heavy atom. The van der Waals surface area contributed by atoms with Gasteiger partial charge in [0.15, 0.2) is 0 Å². The highest BCUT2D eigenvalue weighted by Crippen LogP contribution is 2.21. The fourth-order valence-electron chi connectivity index (χ4n) is 1.81. The quantitative estimate of drug-likeness (QED) is 0.547. The molecule has 0 atom stereocenters. The number of nitrogens with one attached hydrogen (secondary N) is 2. The molecule has 1 aromatic carbocycles. The summed E-state index contributed by atoms with van der Waals surface area (Å²) < 4.78 is 40.3. The maximum Gasteiger partial charge on any atom is 0.244 e. The lowest BCUT2D eigenvalue weighted by Crippen LogP contribution is -2.56. The van der Waals surface area contributed by atoms with E-state index in [1.165, 1.54) is 18.2 Å². The Kier molecular flexibility index (Phi) is 4.65. The molecule has 0 aromatic heterocycles. The van der Waals surface area contributed by atoms with E-state index in [0.717, 1.165) is 6.07 Å². The van der Waals surface area contributed by atoms with Crippen LogP contribution in [-0.4, -0.2) is 19.8 Å². The molecular weight excluding hydrogens is 269 g/mol. The molecular formula is C12H18FN3O2S. The Hall–Kier alpha value is -1.47. The van der Waals surface area contributed by atoms with Crippen molar-refractivity contribution in [3.05, 3.63) is 30.1 Å². The number of nitrogens with two attached hydrogens (primary N) is 1. The number of hydrogen-bond donors (Lipinski definition) is 3. The summed E-state index contributed by atoms with van der Waals surface area (Å²) in [6.07, 6.45) is 0.624. The van der Waals surface area contributed by atoms with E-state index >= 15 is 0 Å². The Bertz CT molecular complexity index is 568. The molecule has 0 saturated carbocycles. The van der Waals surface area contributed by atoms with Crippen LogP contribution in [0.2, 0.25) is 0 Å². The van der Waals surface area contributed by atoms with E-state index in [1.54, 1.807) is 13.8 Å². The second kappa shape index (κ2) is 5.66. The summed E-state index contributed by atoms with van der Waals surface area (Å²) in [5.41, 5.74) is 4.30. The lowest BCUT2D eigenvalue weighted by atomic mass is 9.93. The van der Waals surface area contributed by atoms with Crippen LogP contribution in [0.15, 0.2) is 29.2 Å². The Morgan fingerprint density at radius 2 is 1.89 bits per heavy atom. The van der Waals surface area contributed by atoms with E-state index in [0.29, 0.717) is 12.8 Å². The molecule has 0 saturated heterocycles. The summed E-state index contributed by atoms with van der Waals surface area (Å²) in [7, 11) is -4.06. The van der Waals surface area contributed by atoms with Crippen molar-refractivity contribution in [2.45, 2.75) is 37.1 Å². The molecule has 7 heteroatoms. The highest BCUT2D eigenvalue weighted by molar-refractivity contribution is 7.89. The summed E-state index contributed by atoms with van der Waals surface area (Å²) in [6, 6.07) is 5.09. The van der Waals surface area contributed by atoms with Crippen molar-refractivity contribution < 1.29 is 12.8 Å². The van der Waals surface area contributed by atoms with Crippen LogP contribution < -0.4 is 10.5 Å². The van der Waals surface area contributed by atoms with Gasteiger partial charge in [-0.05, 0) is 25.0 Å². The van der Waals surface area contributed by atoms with Crippen LogP contribution >= 0.6 is 0 Å². The summed E-state index contributed by atoms with van der Waals surface area (Å²) >= 11 is 0. The zero-order valence-corrected chi connectivity index (χ0v) is 11.7. The molecule has 0 radical (unpaired) electrons. The molecule has 4 N–H and O–H groups in total. The molecule has 0 unspecified atom stereocenters. The molecule has 0 bridgehead atoms. The first-order chi connectivity index (χ1) is 8.79. The van der Waals surface area contributed by atoms with Crippen LogP contribution in [0.4, 0.5) is 4.39 Å². The molecule has 1 aromatic rings. The van der Waals surface area contributed by atoms with Gasteiger partial charge in [0.2, 0.25) is 10.0 Å². The Balaban J connectivity index is 3.23. The van der Waals surface area contributed by atoms with Crippen LogP contribution in [0.25, 0.3) is 0 Å². The zero-order valence-electron chi connectivity index (χ0n) is 10.9. The number of benzene rings is 1. The number of hydrogen-bond acceptors (Lipinski definition) is 3. The molecule has 0 amide bonds. The number of amidine groups is 1. The van der Waals surface area contributed by atoms with Crippen molar-refractivity contribution in [2.75, 3.05) is 0 Å². The normalized spacial score (nSPS) is 12.4. The predicted octanol–water partition coefficient (Wildman–Crippen LogP) is 1.60. The SMILES string of the molecule is CCC(CC)(NS(=O)(=O)c1ccccc1F)C(=N)N. The highest BCUT2D eigenvalue weighted by Gasteiger charge is 2.36. The third kappa shape index (κ3) is 3.10. The van der Waals surface area contributed by atoms with Crippen molar-refractivity contribution >= 4 is 15.9 Å². The molecule has 0 fully saturated rings. The second-order valence-electron chi connectivity index (χ2n) is 4.24. The molecule has 0 spiro atoms. The minimum Gasteiger partial charge on any atom is -0.386 e. The van der Waals surface area contributed by atoms with Gasteiger partial charge in [0, 0.05) is 0 Å².